The highest BCUT2D eigenvalue weighted by molar-refractivity contribution is 7.09. The average Bonchev–Trinajstić information content (AvgIpc) is 3.28. The predicted octanol–water partition coefficient (Wildman–Crippen LogP) is 2.83. The predicted molar refractivity (Wildman–Crippen MR) is 84.0 cm³/mol. The van der Waals surface area contributed by atoms with E-state index in [0.29, 0.717) is 17.4 Å². The molecule has 1 aliphatic heterocycles. The quantitative estimate of drug-likeness (QED) is 0.874. The smallest absolute Gasteiger partial charge is 0.257 e. The van der Waals surface area contributed by atoms with Crippen LogP contribution in [0.3, 0.4) is 0 Å². The summed E-state index contributed by atoms with van der Waals surface area (Å²) in [6.07, 6.45) is 9.70. The Morgan fingerprint density at radius 2 is 1.95 bits per heavy atom. The number of hydrogen-bond acceptors (Lipinski definition) is 5. The van der Waals surface area contributed by atoms with Crippen LogP contribution in [0.5, 0.6) is 0 Å². The third kappa shape index (κ3) is 2.75. The Hall–Kier alpha value is -1.82. The van der Waals surface area contributed by atoms with Gasteiger partial charge in [-0.1, -0.05) is 0 Å². The summed E-state index contributed by atoms with van der Waals surface area (Å²) in [4.78, 5) is 27.7. The number of thiazole rings is 1. The van der Waals surface area contributed by atoms with Crippen LogP contribution in [0.15, 0.2) is 24.0 Å². The first-order valence-corrected chi connectivity index (χ1v) is 8.70. The van der Waals surface area contributed by atoms with E-state index >= 15 is 0 Å². The maximum absolute atomic E-state index is 12.6. The Labute approximate surface area is 133 Å². The molecule has 0 N–H and O–H groups in total. The van der Waals surface area contributed by atoms with Gasteiger partial charge in [0.2, 0.25) is 0 Å². The van der Waals surface area contributed by atoms with Crippen LogP contribution in [0.4, 0.5) is 0 Å². The minimum absolute atomic E-state index is 0.0450. The van der Waals surface area contributed by atoms with Crippen LogP contribution in [-0.4, -0.2) is 38.8 Å². The van der Waals surface area contributed by atoms with Crippen molar-refractivity contribution >= 4 is 17.2 Å². The maximum atomic E-state index is 12.6. The summed E-state index contributed by atoms with van der Waals surface area (Å²) in [5, 5.41) is 3.14. The van der Waals surface area contributed by atoms with Gasteiger partial charge in [0.05, 0.1) is 10.6 Å². The first-order chi connectivity index (χ1) is 10.8. The molecule has 4 rings (SSSR count). The number of rotatable bonds is 3. The Balaban J connectivity index is 1.47. The number of aromatic nitrogens is 3. The van der Waals surface area contributed by atoms with E-state index in [2.05, 4.69) is 15.0 Å². The largest absolute Gasteiger partial charge is 0.338 e. The fraction of sp³-hybridized carbons (Fsp3) is 0.500. The van der Waals surface area contributed by atoms with Gasteiger partial charge in [0.1, 0.15) is 5.82 Å². The molecular formula is C16H18N4OS. The van der Waals surface area contributed by atoms with Crippen LogP contribution >= 0.6 is 11.3 Å². The van der Waals surface area contributed by atoms with E-state index in [9.17, 15) is 4.79 Å². The summed E-state index contributed by atoms with van der Waals surface area (Å²) in [7, 11) is 0. The van der Waals surface area contributed by atoms with Crippen LogP contribution in [0.1, 0.15) is 58.7 Å². The lowest BCUT2D eigenvalue weighted by molar-refractivity contribution is 0.0706. The molecule has 2 aromatic heterocycles. The SMILES string of the molecule is O=C(c1cnc(C2CC2)nc1)N1CCC[C@H](c2nccs2)C1. The van der Waals surface area contributed by atoms with Gasteiger partial charge >= 0.3 is 0 Å². The fourth-order valence-corrected chi connectivity index (χ4v) is 3.75. The molecule has 5 nitrogen and oxygen atoms in total. The Morgan fingerprint density at radius 3 is 2.64 bits per heavy atom. The molecule has 1 saturated heterocycles. The van der Waals surface area contributed by atoms with E-state index in [1.807, 2.05) is 16.5 Å². The monoisotopic (exact) mass is 314 g/mol. The molecule has 3 heterocycles. The average molecular weight is 314 g/mol. The van der Waals surface area contributed by atoms with Crippen molar-refractivity contribution in [1.82, 2.24) is 19.9 Å². The fourth-order valence-electron chi connectivity index (χ4n) is 2.98. The highest BCUT2D eigenvalue weighted by atomic mass is 32.1. The number of likely N-dealkylation sites (tertiary alicyclic amines) is 1. The summed E-state index contributed by atoms with van der Waals surface area (Å²) in [6, 6.07) is 0. The number of amides is 1. The summed E-state index contributed by atoms with van der Waals surface area (Å²) in [6.45, 7) is 1.56. The van der Waals surface area contributed by atoms with Crippen molar-refractivity contribution in [2.24, 2.45) is 0 Å². The number of carbonyl (C=O) groups excluding carboxylic acids is 1. The van der Waals surface area contributed by atoms with E-state index < -0.39 is 0 Å². The minimum Gasteiger partial charge on any atom is -0.338 e. The van der Waals surface area contributed by atoms with E-state index in [1.54, 1.807) is 23.7 Å². The molecule has 2 aliphatic rings. The molecule has 2 fully saturated rings. The molecule has 1 atom stereocenters. The lowest BCUT2D eigenvalue weighted by atomic mass is 9.98. The van der Waals surface area contributed by atoms with Crippen molar-refractivity contribution in [3.8, 4) is 0 Å². The highest BCUT2D eigenvalue weighted by Crippen LogP contribution is 2.37. The van der Waals surface area contributed by atoms with Crippen molar-refractivity contribution in [3.63, 3.8) is 0 Å². The molecule has 114 valence electrons. The molecule has 0 aromatic carbocycles. The lowest BCUT2D eigenvalue weighted by Gasteiger charge is -2.31. The van der Waals surface area contributed by atoms with Crippen LogP contribution in [0.2, 0.25) is 0 Å². The highest BCUT2D eigenvalue weighted by Gasteiger charge is 2.29. The van der Waals surface area contributed by atoms with Gasteiger partial charge < -0.3 is 4.90 Å². The summed E-state index contributed by atoms with van der Waals surface area (Å²) < 4.78 is 0. The Kier molecular flexibility index (Phi) is 3.62. The number of carbonyl (C=O) groups is 1. The molecular weight excluding hydrogens is 296 g/mol. The van der Waals surface area contributed by atoms with Gasteiger partial charge in [-0.2, -0.15) is 0 Å². The van der Waals surface area contributed by atoms with Gasteiger partial charge in [-0.25, -0.2) is 15.0 Å². The van der Waals surface area contributed by atoms with Gasteiger partial charge in [0, 0.05) is 48.9 Å². The zero-order chi connectivity index (χ0) is 14.9. The maximum Gasteiger partial charge on any atom is 0.257 e. The van der Waals surface area contributed by atoms with Crippen LogP contribution < -0.4 is 0 Å². The molecule has 2 aromatic rings. The first-order valence-electron chi connectivity index (χ1n) is 7.82. The van der Waals surface area contributed by atoms with Crippen molar-refractivity contribution in [3.05, 3.63) is 40.4 Å². The molecule has 0 spiro atoms. The standard InChI is InChI=1S/C16H18N4OS/c21-16(13-8-18-14(19-9-13)11-3-4-11)20-6-1-2-12(10-20)15-17-5-7-22-15/h5,7-9,11-12H,1-4,6,10H2/t12-/m0/s1. The van der Waals surface area contributed by atoms with E-state index in [1.165, 1.54) is 12.8 Å². The number of nitrogens with zero attached hydrogens (tertiary/aromatic N) is 4. The summed E-state index contributed by atoms with van der Waals surface area (Å²) in [5.74, 6) is 1.82. The Morgan fingerprint density at radius 1 is 1.14 bits per heavy atom. The molecule has 0 bridgehead atoms. The second kappa shape index (κ2) is 5.76. The zero-order valence-corrected chi connectivity index (χ0v) is 13.1. The van der Waals surface area contributed by atoms with E-state index in [-0.39, 0.29) is 5.91 Å². The third-order valence-corrected chi connectivity index (χ3v) is 5.31. The molecule has 22 heavy (non-hydrogen) atoms. The van der Waals surface area contributed by atoms with Crippen molar-refractivity contribution in [2.75, 3.05) is 13.1 Å². The van der Waals surface area contributed by atoms with Crippen molar-refractivity contribution < 1.29 is 4.79 Å². The molecule has 6 heteroatoms. The zero-order valence-electron chi connectivity index (χ0n) is 12.3. The normalized spacial score (nSPS) is 21.8. The van der Waals surface area contributed by atoms with Crippen molar-refractivity contribution in [2.45, 2.75) is 37.5 Å². The van der Waals surface area contributed by atoms with Crippen LogP contribution in [0, 0.1) is 0 Å². The number of piperidine rings is 1. The molecule has 0 radical (unpaired) electrons. The van der Waals surface area contributed by atoms with Crippen LogP contribution in [-0.2, 0) is 0 Å². The van der Waals surface area contributed by atoms with E-state index in [4.69, 9.17) is 0 Å². The first kappa shape index (κ1) is 13.8. The van der Waals surface area contributed by atoms with E-state index in [0.717, 1.165) is 36.8 Å². The second-order valence-electron chi connectivity index (χ2n) is 6.06. The van der Waals surface area contributed by atoms with Gasteiger partial charge in [-0.05, 0) is 25.7 Å². The van der Waals surface area contributed by atoms with Gasteiger partial charge in [-0.15, -0.1) is 11.3 Å². The lowest BCUT2D eigenvalue weighted by Crippen LogP contribution is -2.39. The van der Waals surface area contributed by atoms with Gasteiger partial charge in [-0.3, -0.25) is 4.79 Å². The molecule has 0 unspecified atom stereocenters. The summed E-state index contributed by atoms with van der Waals surface area (Å²) in [5.41, 5.74) is 0.601. The van der Waals surface area contributed by atoms with Crippen molar-refractivity contribution in [1.29, 1.82) is 0 Å². The van der Waals surface area contributed by atoms with Gasteiger partial charge in [0.15, 0.2) is 0 Å². The second-order valence-corrected chi connectivity index (χ2v) is 6.99. The summed E-state index contributed by atoms with van der Waals surface area (Å²) >= 11 is 1.68. The minimum atomic E-state index is 0.0450. The topological polar surface area (TPSA) is 59.0 Å². The van der Waals surface area contributed by atoms with Gasteiger partial charge in [0.25, 0.3) is 5.91 Å². The molecule has 1 amide bonds. The Bertz CT molecular complexity index is 651. The molecule has 1 saturated carbocycles. The van der Waals surface area contributed by atoms with Crippen LogP contribution in [0.25, 0.3) is 0 Å². The number of hydrogen-bond donors (Lipinski definition) is 0. The third-order valence-electron chi connectivity index (χ3n) is 4.37. The molecule has 1 aliphatic carbocycles.